The minimum absolute atomic E-state index is 0.176. The summed E-state index contributed by atoms with van der Waals surface area (Å²) in [5, 5.41) is -0.591. The zero-order valence-electron chi connectivity index (χ0n) is 19.7. The monoisotopic (exact) mass is 546 g/mol. The van der Waals surface area contributed by atoms with Gasteiger partial charge in [0.2, 0.25) is 5.91 Å². The summed E-state index contributed by atoms with van der Waals surface area (Å²) >= 11 is 5.72. The summed E-state index contributed by atoms with van der Waals surface area (Å²) < 4.78 is 73.2. The Labute approximate surface area is 212 Å². The molecule has 1 aliphatic rings. The van der Waals surface area contributed by atoms with E-state index < -0.39 is 39.2 Å². The number of aryl methyl sites for hydroxylation is 1. The number of likely N-dealkylation sites (tertiary alicyclic amines) is 1. The van der Waals surface area contributed by atoms with Gasteiger partial charge < -0.3 is 9.64 Å². The highest BCUT2D eigenvalue weighted by molar-refractivity contribution is 7.92. The third-order valence-electron chi connectivity index (χ3n) is 5.90. The molecule has 0 atom stereocenters. The first-order chi connectivity index (χ1) is 16.8. The van der Waals surface area contributed by atoms with Crippen molar-refractivity contribution in [2.24, 2.45) is 5.92 Å². The molecule has 2 aromatic rings. The molecule has 0 N–H and O–H groups in total. The number of amides is 1. The van der Waals surface area contributed by atoms with Gasteiger partial charge in [-0.3, -0.25) is 13.9 Å². The summed E-state index contributed by atoms with van der Waals surface area (Å²) in [6, 6.07) is 8.46. The second-order valence-corrected chi connectivity index (χ2v) is 10.7. The molecule has 1 amide bonds. The summed E-state index contributed by atoms with van der Waals surface area (Å²) in [7, 11) is -4.41. The molecule has 1 aliphatic heterocycles. The maximum atomic E-state index is 13.5. The molecule has 0 spiro atoms. The first-order valence-electron chi connectivity index (χ1n) is 11.2. The van der Waals surface area contributed by atoms with Gasteiger partial charge in [0, 0.05) is 13.1 Å². The van der Waals surface area contributed by atoms with Crippen molar-refractivity contribution in [3.05, 3.63) is 58.6 Å². The van der Waals surface area contributed by atoms with Crippen LogP contribution in [-0.4, -0.2) is 51.4 Å². The lowest BCUT2D eigenvalue weighted by Gasteiger charge is -2.33. The highest BCUT2D eigenvalue weighted by atomic mass is 35.5. The van der Waals surface area contributed by atoms with Gasteiger partial charge in [-0.15, -0.1) is 0 Å². The molecule has 12 heteroatoms. The quantitative estimate of drug-likeness (QED) is 0.472. The topological polar surface area (TPSA) is 84.0 Å². The predicted molar refractivity (Wildman–Crippen MR) is 128 cm³/mol. The number of esters is 1. The number of hydrogen-bond donors (Lipinski definition) is 0. The van der Waals surface area contributed by atoms with E-state index in [1.807, 2.05) is 0 Å². The standard InChI is InChI=1S/C24H26ClF3N2O5S/c1-3-35-23(32)17-10-12-29(13-11-17)22(31)15-30(36(33,34)19-7-4-16(2)5-8-19)18-6-9-21(25)20(14-18)24(26,27)28/h4-9,14,17H,3,10-13,15H2,1-2H3. The van der Waals surface area contributed by atoms with Gasteiger partial charge in [-0.25, -0.2) is 8.42 Å². The van der Waals surface area contributed by atoms with Gasteiger partial charge in [0.25, 0.3) is 10.0 Å². The van der Waals surface area contributed by atoms with Crippen LogP contribution < -0.4 is 4.31 Å². The Kier molecular flexibility index (Phi) is 8.55. The van der Waals surface area contributed by atoms with Crippen molar-refractivity contribution in [2.45, 2.75) is 37.8 Å². The normalized spacial score (nSPS) is 15.0. The number of benzene rings is 2. The summed E-state index contributed by atoms with van der Waals surface area (Å²) in [5.41, 5.74) is -0.776. The van der Waals surface area contributed by atoms with Crippen molar-refractivity contribution in [1.29, 1.82) is 0 Å². The molecule has 0 saturated carbocycles. The number of carbonyl (C=O) groups is 2. The molecule has 0 unspecified atom stereocenters. The summed E-state index contributed by atoms with van der Waals surface area (Å²) in [6.45, 7) is 3.35. The van der Waals surface area contributed by atoms with Gasteiger partial charge in [0.15, 0.2) is 0 Å². The third-order valence-corrected chi connectivity index (χ3v) is 8.02. The number of alkyl halides is 3. The predicted octanol–water partition coefficient (Wildman–Crippen LogP) is 4.66. The molecule has 0 aliphatic carbocycles. The Morgan fingerprint density at radius 3 is 2.28 bits per heavy atom. The van der Waals surface area contributed by atoms with E-state index in [2.05, 4.69) is 0 Å². The number of carbonyl (C=O) groups excluding carboxylic acids is 2. The molecule has 1 heterocycles. The Morgan fingerprint density at radius 1 is 1.11 bits per heavy atom. The molecule has 1 fully saturated rings. The second kappa shape index (κ2) is 11.1. The molecule has 0 aromatic heterocycles. The number of hydrogen-bond acceptors (Lipinski definition) is 5. The van der Waals surface area contributed by atoms with E-state index in [9.17, 15) is 31.2 Å². The molecule has 0 bridgehead atoms. The average Bonchev–Trinajstić information content (AvgIpc) is 2.82. The first-order valence-corrected chi connectivity index (χ1v) is 13.1. The van der Waals surface area contributed by atoms with Crippen molar-refractivity contribution in [2.75, 3.05) is 30.5 Å². The number of halogens is 4. The lowest BCUT2D eigenvalue weighted by molar-refractivity contribution is -0.151. The van der Waals surface area contributed by atoms with E-state index in [0.717, 1.165) is 17.7 Å². The van der Waals surface area contributed by atoms with Crippen LogP contribution >= 0.6 is 11.6 Å². The third kappa shape index (κ3) is 6.31. The van der Waals surface area contributed by atoms with Gasteiger partial charge in [0.1, 0.15) is 6.54 Å². The van der Waals surface area contributed by atoms with E-state index in [1.54, 1.807) is 26.0 Å². The Balaban J connectivity index is 1.93. The Bertz CT molecular complexity index is 1210. The molecular formula is C24H26ClF3N2O5S. The van der Waals surface area contributed by atoms with Crippen LogP contribution in [0.25, 0.3) is 0 Å². The van der Waals surface area contributed by atoms with Crippen LogP contribution in [-0.2, 0) is 30.5 Å². The van der Waals surface area contributed by atoms with Crippen LogP contribution in [0.2, 0.25) is 5.02 Å². The molecule has 3 rings (SSSR count). The number of rotatable bonds is 7. The van der Waals surface area contributed by atoms with Crippen molar-refractivity contribution in [3.8, 4) is 0 Å². The Hall–Kier alpha value is -2.79. The summed E-state index contributed by atoms with van der Waals surface area (Å²) in [6.07, 6.45) is -4.14. The zero-order chi connectivity index (χ0) is 26.7. The molecule has 7 nitrogen and oxygen atoms in total. The van der Waals surface area contributed by atoms with Crippen LogP contribution in [0.1, 0.15) is 30.9 Å². The highest BCUT2D eigenvalue weighted by Gasteiger charge is 2.36. The maximum absolute atomic E-state index is 13.5. The fraction of sp³-hybridized carbons (Fsp3) is 0.417. The van der Waals surface area contributed by atoms with Crippen LogP contribution in [0.3, 0.4) is 0 Å². The largest absolute Gasteiger partial charge is 0.466 e. The van der Waals surface area contributed by atoms with E-state index in [1.165, 1.54) is 17.0 Å². The SMILES string of the molecule is CCOC(=O)C1CCN(C(=O)CN(c2ccc(Cl)c(C(F)(F)F)c2)S(=O)(=O)c2ccc(C)cc2)CC1. The minimum atomic E-state index is -4.83. The lowest BCUT2D eigenvalue weighted by atomic mass is 9.97. The van der Waals surface area contributed by atoms with Crippen molar-refractivity contribution in [3.63, 3.8) is 0 Å². The smallest absolute Gasteiger partial charge is 0.417 e. The van der Waals surface area contributed by atoms with Crippen molar-refractivity contribution >= 4 is 39.2 Å². The van der Waals surface area contributed by atoms with Gasteiger partial charge in [-0.1, -0.05) is 29.3 Å². The number of ether oxygens (including phenoxy) is 1. The van der Waals surface area contributed by atoms with Gasteiger partial charge in [-0.05, 0) is 57.0 Å². The van der Waals surface area contributed by atoms with E-state index in [0.29, 0.717) is 23.2 Å². The van der Waals surface area contributed by atoms with Gasteiger partial charge in [-0.2, -0.15) is 13.2 Å². The molecule has 0 radical (unpaired) electrons. The molecule has 1 saturated heterocycles. The van der Waals surface area contributed by atoms with Crippen LogP contribution in [0.15, 0.2) is 47.4 Å². The molecular weight excluding hydrogens is 521 g/mol. The van der Waals surface area contributed by atoms with E-state index in [4.69, 9.17) is 16.3 Å². The molecule has 196 valence electrons. The van der Waals surface area contributed by atoms with E-state index in [-0.39, 0.29) is 42.2 Å². The van der Waals surface area contributed by atoms with Crippen LogP contribution in [0.4, 0.5) is 18.9 Å². The minimum Gasteiger partial charge on any atom is -0.466 e. The number of nitrogens with zero attached hydrogens (tertiary/aromatic N) is 2. The molecule has 2 aromatic carbocycles. The second-order valence-electron chi connectivity index (χ2n) is 8.39. The Morgan fingerprint density at radius 2 is 1.72 bits per heavy atom. The fourth-order valence-electron chi connectivity index (χ4n) is 3.89. The average molecular weight is 547 g/mol. The maximum Gasteiger partial charge on any atom is 0.417 e. The lowest BCUT2D eigenvalue weighted by Crippen LogP contribution is -2.46. The first kappa shape index (κ1) is 27.8. The number of sulfonamides is 1. The molecule has 36 heavy (non-hydrogen) atoms. The van der Waals surface area contributed by atoms with Crippen molar-refractivity contribution < 1.29 is 35.9 Å². The van der Waals surface area contributed by atoms with Crippen LogP contribution in [0, 0.1) is 12.8 Å². The zero-order valence-corrected chi connectivity index (χ0v) is 21.3. The number of piperidine rings is 1. The van der Waals surface area contributed by atoms with Crippen molar-refractivity contribution in [1.82, 2.24) is 4.90 Å². The van der Waals surface area contributed by atoms with Gasteiger partial charge >= 0.3 is 12.1 Å². The number of anilines is 1. The van der Waals surface area contributed by atoms with Gasteiger partial charge in [0.05, 0.1) is 33.7 Å². The summed E-state index contributed by atoms with van der Waals surface area (Å²) in [5.74, 6) is -1.32. The van der Waals surface area contributed by atoms with E-state index >= 15 is 0 Å². The van der Waals surface area contributed by atoms with Crippen LogP contribution in [0.5, 0.6) is 0 Å². The highest BCUT2D eigenvalue weighted by Crippen LogP contribution is 2.38. The summed E-state index contributed by atoms with van der Waals surface area (Å²) in [4.78, 5) is 26.3. The fourth-order valence-corrected chi connectivity index (χ4v) is 5.52.